The first-order chi connectivity index (χ1) is 6.09. The fourth-order valence-electron chi connectivity index (χ4n) is 1.04. The molecule has 0 saturated carbocycles. The van der Waals surface area contributed by atoms with E-state index in [0.29, 0.717) is 0 Å². The van der Waals surface area contributed by atoms with E-state index in [1.54, 1.807) is 6.92 Å². The zero-order chi connectivity index (χ0) is 9.84. The Morgan fingerprint density at radius 3 is 2.85 bits per heavy atom. The van der Waals surface area contributed by atoms with Gasteiger partial charge in [0.05, 0.1) is 6.04 Å². The Hall–Kier alpha value is -1.03. The van der Waals surface area contributed by atoms with E-state index in [-0.39, 0.29) is 6.04 Å². The lowest BCUT2D eigenvalue weighted by Gasteiger charge is -2.11. The molecule has 1 rings (SSSR count). The second-order valence-electron chi connectivity index (χ2n) is 2.73. The van der Waals surface area contributed by atoms with Crippen LogP contribution in [0.25, 0.3) is 0 Å². The van der Waals surface area contributed by atoms with Crippen LogP contribution >= 0.6 is 15.9 Å². The lowest BCUT2D eigenvalue weighted by molar-refractivity contribution is 0.191. The van der Waals surface area contributed by atoms with Crippen LogP contribution in [0, 0.1) is 0 Å². The van der Waals surface area contributed by atoms with Crippen LogP contribution in [0.5, 0.6) is 0 Å². The predicted molar refractivity (Wildman–Crippen MR) is 53.7 cm³/mol. The Balaban J connectivity index is 2.76. The Labute approximate surface area is 84.9 Å². The normalized spacial score (nSPS) is 12.2. The van der Waals surface area contributed by atoms with Gasteiger partial charge in [-0.25, -0.2) is 4.79 Å². The van der Waals surface area contributed by atoms with Crippen molar-refractivity contribution in [3.8, 4) is 0 Å². The number of rotatable bonds is 2. The van der Waals surface area contributed by atoms with Gasteiger partial charge in [0.15, 0.2) is 0 Å². The molecule has 1 unspecified atom stereocenters. The quantitative estimate of drug-likeness (QED) is 0.840. The highest BCUT2D eigenvalue weighted by molar-refractivity contribution is 9.10. The molecular weight excluding hydrogens is 234 g/mol. The zero-order valence-corrected chi connectivity index (χ0v) is 8.71. The molecule has 0 aliphatic heterocycles. The maximum absolute atomic E-state index is 10.3. The van der Waals surface area contributed by atoms with Gasteiger partial charge in [-0.15, -0.1) is 0 Å². The van der Waals surface area contributed by atoms with Crippen LogP contribution in [0.4, 0.5) is 4.79 Å². The van der Waals surface area contributed by atoms with Crippen molar-refractivity contribution in [2.75, 3.05) is 0 Å². The summed E-state index contributed by atoms with van der Waals surface area (Å²) >= 11 is 3.32. The average Bonchev–Trinajstić information content (AvgIpc) is 2.03. The minimum Gasteiger partial charge on any atom is -0.465 e. The molecule has 0 bridgehead atoms. The Bertz CT molecular complexity index is 314. The summed E-state index contributed by atoms with van der Waals surface area (Å²) in [6, 6.07) is 7.36. The van der Waals surface area contributed by atoms with Crippen molar-refractivity contribution in [3.05, 3.63) is 34.3 Å². The van der Waals surface area contributed by atoms with Gasteiger partial charge in [-0.05, 0) is 24.6 Å². The minimum absolute atomic E-state index is 0.185. The Kier molecular flexibility index (Phi) is 3.31. The summed E-state index contributed by atoms with van der Waals surface area (Å²) in [5.74, 6) is 0. The van der Waals surface area contributed by atoms with Crippen molar-refractivity contribution < 1.29 is 9.90 Å². The fraction of sp³-hybridized carbons (Fsp3) is 0.222. The second kappa shape index (κ2) is 4.28. The highest BCUT2D eigenvalue weighted by atomic mass is 79.9. The van der Waals surface area contributed by atoms with Crippen molar-refractivity contribution in [2.45, 2.75) is 13.0 Å². The summed E-state index contributed by atoms with van der Waals surface area (Å²) in [5.41, 5.74) is 0.941. The lowest BCUT2D eigenvalue weighted by atomic mass is 10.1. The number of nitrogens with one attached hydrogen (secondary N) is 1. The molecule has 0 fully saturated rings. The molecule has 3 nitrogen and oxygen atoms in total. The van der Waals surface area contributed by atoms with Crippen LogP contribution < -0.4 is 5.32 Å². The van der Waals surface area contributed by atoms with E-state index in [2.05, 4.69) is 21.2 Å². The molecule has 0 saturated heterocycles. The molecule has 0 aliphatic carbocycles. The Morgan fingerprint density at radius 1 is 1.62 bits per heavy atom. The molecule has 1 atom stereocenters. The van der Waals surface area contributed by atoms with Crippen LogP contribution in [0.2, 0.25) is 0 Å². The third-order valence-corrected chi connectivity index (χ3v) is 2.18. The smallest absolute Gasteiger partial charge is 0.405 e. The van der Waals surface area contributed by atoms with Crippen LogP contribution in [-0.2, 0) is 0 Å². The van der Waals surface area contributed by atoms with E-state index in [1.807, 2.05) is 24.3 Å². The van der Waals surface area contributed by atoms with Crippen molar-refractivity contribution >= 4 is 22.0 Å². The largest absolute Gasteiger partial charge is 0.465 e. The molecule has 4 heteroatoms. The summed E-state index contributed by atoms with van der Waals surface area (Å²) in [6.45, 7) is 1.80. The predicted octanol–water partition coefficient (Wildman–Crippen LogP) is 2.78. The molecule has 2 N–H and O–H groups in total. The lowest BCUT2D eigenvalue weighted by Crippen LogP contribution is -2.24. The first kappa shape index (κ1) is 10.1. The molecule has 70 valence electrons. The molecule has 0 spiro atoms. The van der Waals surface area contributed by atoms with Crippen LogP contribution in [0.15, 0.2) is 28.7 Å². The topological polar surface area (TPSA) is 49.3 Å². The number of carbonyl (C=O) groups is 1. The summed E-state index contributed by atoms with van der Waals surface area (Å²) in [4.78, 5) is 10.3. The highest BCUT2D eigenvalue weighted by Crippen LogP contribution is 2.17. The SMILES string of the molecule is CC(NC(=O)O)c1cccc(Br)c1. The fourth-order valence-corrected chi connectivity index (χ4v) is 1.46. The number of hydrogen-bond acceptors (Lipinski definition) is 1. The Morgan fingerprint density at radius 2 is 2.31 bits per heavy atom. The third-order valence-electron chi connectivity index (χ3n) is 1.69. The molecule has 0 radical (unpaired) electrons. The number of halogens is 1. The second-order valence-corrected chi connectivity index (χ2v) is 3.64. The molecule has 0 aromatic heterocycles. The molecule has 1 aromatic rings. The van der Waals surface area contributed by atoms with Gasteiger partial charge in [0.1, 0.15) is 0 Å². The molecular formula is C9H10BrNO2. The van der Waals surface area contributed by atoms with E-state index < -0.39 is 6.09 Å². The number of benzene rings is 1. The summed E-state index contributed by atoms with van der Waals surface area (Å²) in [5, 5.41) is 10.9. The molecule has 13 heavy (non-hydrogen) atoms. The van der Waals surface area contributed by atoms with Crippen LogP contribution in [0.3, 0.4) is 0 Å². The van der Waals surface area contributed by atoms with Gasteiger partial charge in [0.2, 0.25) is 0 Å². The van der Waals surface area contributed by atoms with Crippen LogP contribution in [-0.4, -0.2) is 11.2 Å². The zero-order valence-electron chi connectivity index (χ0n) is 7.12. The van der Waals surface area contributed by atoms with E-state index >= 15 is 0 Å². The van der Waals surface area contributed by atoms with Gasteiger partial charge < -0.3 is 10.4 Å². The highest BCUT2D eigenvalue weighted by Gasteiger charge is 2.07. The van der Waals surface area contributed by atoms with Gasteiger partial charge in [-0.1, -0.05) is 28.1 Å². The van der Waals surface area contributed by atoms with E-state index in [4.69, 9.17) is 5.11 Å². The standard InChI is InChI=1S/C9H10BrNO2/c1-6(11-9(12)13)7-3-2-4-8(10)5-7/h2-6,11H,1H3,(H,12,13). The van der Waals surface area contributed by atoms with Gasteiger partial charge in [0, 0.05) is 4.47 Å². The van der Waals surface area contributed by atoms with E-state index in [0.717, 1.165) is 10.0 Å². The van der Waals surface area contributed by atoms with Gasteiger partial charge >= 0.3 is 6.09 Å². The first-order valence-corrected chi connectivity index (χ1v) is 4.64. The molecule has 1 amide bonds. The molecule has 1 aromatic carbocycles. The molecule has 0 heterocycles. The summed E-state index contributed by atoms with van der Waals surface area (Å²) < 4.78 is 0.948. The van der Waals surface area contributed by atoms with Crippen molar-refractivity contribution in [2.24, 2.45) is 0 Å². The third kappa shape index (κ3) is 3.06. The summed E-state index contributed by atoms with van der Waals surface area (Å²) in [7, 11) is 0. The first-order valence-electron chi connectivity index (χ1n) is 3.84. The maximum atomic E-state index is 10.3. The van der Waals surface area contributed by atoms with Gasteiger partial charge in [-0.3, -0.25) is 0 Å². The van der Waals surface area contributed by atoms with Gasteiger partial charge in [-0.2, -0.15) is 0 Å². The van der Waals surface area contributed by atoms with E-state index in [1.165, 1.54) is 0 Å². The molecule has 0 aliphatic rings. The minimum atomic E-state index is -1.01. The summed E-state index contributed by atoms with van der Waals surface area (Å²) in [6.07, 6.45) is -1.01. The monoisotopic (exact) mass is 243 g/mol. The van der Waals surface area contributed by atoms with Crippen molar-refractivity contribution in [1.82, 2.24) is 5.32 Å². The van der Waals surface area contributed by atoms with Crippen molar-refractivity contribution in [1.29, 1.82) is 0 Å². The number of hydrogen-bond donors (Lipinski definition) is 2. The maximum Gasteiger partial charge on any atom is 0.405 e. The van der Waals surface area contributed by atoms with Crippen molar-refractivity contribution in [3.63, 3.8) is 0 Å². The number of carboxylic acid groups (broad SMARTS) is 1. The van der Waals surface area contributed by atoms with Crippen LogP contribution in [0.1, 0.15) is 18.5 Å². The average molecular weight is 244 g/mol. The van der Waals surface area contributed by atoms with E-state index in [9.17, 15) is 4.79 Å². The number of amides is 1. The van der Waals surface area contributed by atoms with Gasteiger partial charge in [0.25, 0.3) is 0 Å².